The SMILES string of the molecule is O=C(NCc1ccc(Cn2cnc3ccccc32)cc1)N1CCC1. The smallest absolute Gasteiger partial charge is 0.317 e. The van der Waals surface area contributed by atoms with E-state index in [4.69, 9.17) is 0 Å². The largest absolute Gasteiger partial charge is 0.334 e. The summed E-state index contributed by atoms with van der Waals surface area (Å²) in [5.41, 5.74) is 4.49. The number of likely N-dealkylation sites (tertiary alicyclic amines) is 1. The van der Waals surface area contributed by atoms with Crippen LogP contribution in [0.1, 0.15) is 17.5 Å². The second kappa shape index (κ2) is 6.35. The van der Waals surface area contributed by atoms with E-state index in [0.717, 1.165) is 42.7 Å². The van der Waals surface area contributed by atoms with Crippen LogP contribution in [0.15, 0.2) is 54.9 Å². The van der Waals surface area contributed by atoms with Crippen molar-refractivity contribution in [2.75, 3.05) is 13.1 Å². The summed E-state index contributed by atoms with van der Waals surface area (Å²) >= 11 is 0. The Balaban J connectivity index is 1.39. The Hall–Kier alpha value is -2.82. The molecule has 0 radical (unpaired) electrons. The van der Waals surface area contributed by atoms with Gasteiger partial charge < -0.3 is 14.8 Å². The van der Waals surface area contributed by atoms with Crippen LogP contribution in [0.3, 0.4) is 0 Å². The lowest BCUT2D eigenvalue weighted by molar-refractivity contribution is 0.167. The molecule has 0 aliphatic carbocycles. The van der Waals surface area contributed by atoms with E-state index in [9.17, 15) is 4.79 Å². The highest BCUT2D eigenvalue weighted by atomic mass is 16.2. The summed E-state index contributed by atoms with van der Waals surface area (Å²) in [7, 11) is 0. The number of hydrogen-bond acceptors (Lipinski definition) is 2. The van der Waals surface area contributed by atoms with Gasteiger partial charge in [-0.2, -0.15) is 0 Å². The number of imidazole rings is 1. The third kappa shape index (κ3) is 2.97. The van der Waals surface area contributed by atoms with Gasteiger partial charge in [0.2, 0.25) is 0 Å². The molecule has 1 saturated heterocycles. The number of nitrogens with zero attached hydrogens (tertiary/aromatic N) is 3. The fraction of sp³-hybridized carbons (Fsp3) is 0.263. The third-order valence-corrected chi connectivity index (χ3v) is 4.49. The molecule has 1 aromatic heterocycles. The fourth-order valence-electron chi connectivity index (χ4n) is 2.90. The minimum atomic E-state index is 0.0372. The zero-order valence-corrected chi connectivity index (χ0v) is 13.5. The van der Waals surface area contributed by atoms with Crippen LogP contribution < -0.4 is 5.32 Å². The van der Waals surface area contributed by atoms with Crippen LogP contribution in [0, 0.1) is 0 Å². The van der Waals surface area contributed by atoms with Gasteiger partial charge in [-0.05, 0) is 29.7 Å². The van der Waals surface area contributed by atoms with Gasteiger partial charge >= 0.3 is 6.03 Å². The van der Waals surface area contributed by atoms with Crippen molar-refractivity contribution in [1.82, 2.24) is 19.8 Å². The molecule has 2 heterocycles. The number of urea groups is 1. The van der Waals surface area contributed by atoms with E-state index < -0.39 is 0 Å². The zero-order chi connectivity index (χ0) is 16.4. The summed E-state index contributed by atoms with van der Waals surface area (Å²) in [4.78, 5) is 18.1. The van der Waals surface area contributed by atoms with E-state index in [1.54, 1.807) is 0 Å². The molecule has 2 amide bonds. The number of carbonyl (C=O) groups is 1. The second-order valence-corrected chi connectivity index (χ2v) is 6.18. The lowest BCUT2D eigenvalue weighted by Gasteiger charge is -2.30. The molecule has 3 aromatic rings. The first kappa shape index (κ1) is 14.8. The number of rotatable bonds is 4. The normalized spacial score (nSPS) is 13.8. The molecule has 4 rings (SSSR count). The maximum absolute atomic E-state index is 11.8. The van der Waals surface area contributed by atoms with Crippen molar-refractivity contribution in [1.29, 1.82) is 0 Å². The van der Waals surface area contributed by atoms with Crippen LogP contribution in [0.25, 0.3) is 11.0 Å². The average Bonchev–Trinajstić information content (AvgIpc) is 2.96. The molecule has 1 aliphatic rings. The van der Waals surface area contributed by atoms with Crippen LogP contribution in [0.5, 0.6) is 0 Å². The first-order valence-electron chi connectivity index (χ1n) is 8.30. The highest BCUT2D eigenvalue weighted by Gasteiger charge is 2.19. The summed E-state index contributed by atoms with van der Waals surface area (Å²) in [5, 5.41) is 2.96. The van der Waals surface area contributed by atoms with Gasteiger partial charge in [0, 0.05) is 26.2 Å². The molecule has 1 fully saturated rings. The van der Waals surface area contributed by atoms with Gasteiger partial charge in [0.15, 0.2) is 0 Å². The van der Waals surface area contributed by atoms with Crippen molar-refractivity contribution >= 4 is 17.1 Å². The van der Waals surface area contributed by atoms with E-state index >= 15 is 0 Å². The molecule has 2 aromatic carbocycles. The number of benzene rings is 2. The quantitative estimate of drug-likeness (QED) is 0.803. The first-order chi connectivity index (χ1) is 11.8. The van der Waals surface area contributed by atoms with E-state index in [2.05, 4.69) is 45.2 Å². The van der Waals surface area contributed by atoms with Crippen molar-refractivity contribution in [3.63, 3.8) is 0 Å². The molecule has 122 valence electrons. The number of amides is 2. The Morgan fingerprint density at radius 3 is 2.54 bits per heavy atom. The zero-order valence-electron chi connectivity index (χ0n) is 13.5. The topological polar surface area (TPSA) is 50.2 Å². The van der Waals surface area contributed by atoms with Gasteiger partial charge in [-0.3, -0.25) is 0 Å². The maximum Gasteiger partial charge on any atom is 0.317 e. The Labute approximate surface area is 140 Å². The Bertz CT molecular complexity index is 849. The molecular weight excluding hydrogens is 300 g/mol. The van der Waals surface area contributed by atoms with Gasteiger partial charge in [-0.25, -0.2) is 9.78 Å². The molecule has 1 aliphatic heterocycles. The van der Waals surface area contributed by atoms with E-state index in [1.807, 2.05) is 29.4 Å². The predicted molar refractivity (Wildman–Crippen MR) is 93.7 cm³/mol. The number of aromatic nitrogens is 2. The van der Waals surface area contributed by atoms with Crippen LogP contribution in [0.4, 0.5) is 4.79 Å². The second-order valence-electron chi connectivity index (χ2n) is 6.18. The molecule has 0 saturated carbocycles. The monoisotopic (exact) mass is 320 g/mol. The molecule has 0 bridgehead atoms. The lowest BCUT2D eigenvalue weighted by atomic mass is 10.1. The average molecular weight is 320 g/mol. The van der Waals surface area contributed by atoms with Gasteiger partial charge in [0.25, 0.3) is 0 Å². The maximum atomic E-state index is 11.8. The van der Waals surface area contributed by atoms with Crippen LogP contribution >= 0.6 is 0 Å². The van der Waals surface area contributed by atoms with Crippen LogP contribution in [-0.4, -0.2) is 33.6 Å². The number of para-hydroxylation sites is 2. The highest BCUT2D eigenvalue weighted by molar-refractivity contribution is 5.75. The summed E-state index contributed by atoms with van der Waals surface area (Å²) in [6, 6.07) is 16.6. The molecular formula is C19H20N4O. The van der Waals surface area contributed by atoms with Crippen LogP contribution in [-0.2, 0) is 13.1 Å². The summed E-state index contributed by atoms with van der Waals surface area (Å²) < 4.78 is 2.15. The Morgan fingerprint density at radius 2 is 1.79 bits per heavy atom. The molecule has 0 atom stereocenters. The minimum Gasteiger partial charge on any atom is -0.334 e. The fourth-order valence-corrected chi connectivity index (χ4v) is 2.90. The van der Waals surface area contributed by atoms with Crippen molar-refractivity contribution in [3.8, 4) is 0 Å². The molecule has 0 spiro atoms. The summed E-state index contributed by atoms with van der Waals surface area (Å²) in [6.45, 7) is 3.12. The predicted octanol–water partition coefficient (Wildman–Crippen LogP) is 3.00. The number of nitrogens with one attached hydrogen (secondary N) is 1. The van der Waals surface area contributed by atoms with E-state index in [0.29, 0.717) is 6.54 Å². The van der Waals surface area contributed by atoms with Crippen molar-refractivity contribution in [3.05, 3.63) is 66.0 Å². The van der Waals surface area contributed by atoms with Gasteiger partial charge in [-0.1, -0.05) is 36.4 Å². The Morgan fingerprint density at radius 1 is 1.04 bits per heavy atom. The number of carbonyl (C=O) groups excluding carboxylic acids is 1. The number of hydrogen-bond donors (Lipinski definition) is 1. The van der Waals surface area contributed by atoms with Gasteiger partial charge in [-0.15, -0.1) is 0 Å². The highest BCUT2D eigenvalue weighted by Crippen LogP contribution is 2.14. The van der Waals surface area contributed by atoms with E-state index in [-0.39, 0.29) is 6.03 Å². The summed E-state index contributed by atoms with van der Waals surface area (Å²) in [6.07, 6.45) is 3.00. The van der Waals surface area contributed by atoms with Gasteiger partial charge in [0.1, 0.15) is 0 Å². The molecule has 5 nitrogen and oxygen atoms in total. The third-order valence-electron chi connectivity index (χ3n) is 4.49. The summed E-state index contributed by atoms with van der Waals surface area (Å²) in [5.74, 6) is 0. The molecule has 5 heteroatoms. The van der Waals surface area contributed by atoms with E-state index in [1.165, 1.54) is 5.56 Å². The van der Waals surface area contributed by atoms with Gasteiger partial charge in [0.05, 0.1) is 17.4 Å². The molecule has 0 unspecified atom stereocenters. The minimum absolute atomic E-state index is 0.0372. The number of fused-ring (bicyclic) bond motifs is 1. The molecule has 1 N–H and O–H groups in total. The van der Waals surface area contributed by atoms with Crippen molar-refractivity contribution in [2.45, 2.75) is 19.5 Å². The van der Waals surface area contributed by atoms with Crippen LogP contribution in [0.2, 0.25) is 0 Å². The molecule has 24 heavy (non-hydrogen) atoms. The standard InChI is InChI=1S/C19H20N4O/c24-19(22-10-3-11-22)20-12-15-6-8-16(9-7-15)13-23-14-21-17-4-1-2-5-18(17)23/h1-2,4-9,14H,3,10-13H2,(H,20,24). The lowest BCUT2D eigenvalue weighted by Crippen LogP contribution is -2.47. The Kier molecular flexibility index (Phi) is 3.91. The van der Waals surface area contributed by atoms with Crippen molar-refractivity contribution < 1.29 is 4.79 Å². The first-order valence-corrected chi connectivity index (χ1v) is 8.30. The van der Waals surface area contributed by atoms with Crippen molar-refractivity contribution in [2.24, 2.45) is 0 Å².